The summed E-state index contributed by atoms with van der Waals surface area (Å²) in [6.45, 7) is 0.984. The number of carbonyl (C=O) groups excluding carboxylic acids is 2. The van der Waals surface area contributed by atoms with Crippen LogP contribution in [0.3, 0.4) is 0 Å². The Morgan fingerprint density at radius 1 is 1.17 bits per heavy atom. The van der Waals surface area contributed by atoms with Crippen LogP contribution in [0.25, 0.3) is 0 Å². The number of nitrogens with one attached hydrogen (secondary N) is 2. The molecule has 2 unspecified atom stereocenters. The van der Waals surface area contributed by atoms with Crippen molar-refractivity contribution in [3.05, 3.63) is 34.9 Å². The molecule has 3 N–H and O–H groups in total. The molecule has 1 aromatic carbocycles. The van der Waals surface area contributed by atoms with E-state index >= 15 is 0 Å². The quantitative estimate of drug-likeness (QED) is 0.666. The second-order valence-corrected chi connectivity index (χ2v) is 6.37. The topological polar surface area (TPSA) is 78.4 Å². The van der Waals surface area contributed by atoms with Crippen molar-refractivity contribution in [2.24, 2.45) is 5.92 Å². The number of hydrogen-bond acceptors (Lipinski definition) is 3. The largest absolute Gasteiger partial charge is 0.393 e. The van der Waals surface area contributed by atoms with Gasteiger partial charge in [-0.1, -0.05) is 18.0 Å². The van der Waals surface area contributed by atoms with Crippen LogP contribution in [0.15, 0.2) is 24.3 Å². The van der Waals surface area contributed by atoms with E-state index in [4.69, 9.17) is 11.6 Å². The molecular weight excluding hydrogens is 316 g/mol. The van der Waals surface area contributed by atoms with Gasteiger partial charge in [-0.05, 0) is 43.5 Å². The van der Waals surface area contributed by atoms with Gasteiger partial charge < -0.3 is 15.7 Å². The summed E-state index contributed by atoms with van der Waals surface area (Å²) in [6, 6.07) is 6.66. The summed E-state index contributed by atoms with van der Waals surface area (Å²) in [5.74, 6) is -0.0236. The van der Waals surface area contributed by atoms with E-state index in [9.17, 15) is 14.7 Å². The molecule has 0 bridgehead atoms. The monoisotopic (exact) mass is 338 g/mol. The summed E-state index contributed by atoms with van der Waals surface area (Å²) >= 11 is 5.77. The van der Waals surface area contributed by atoms with Gasteiger partial charge in [0, 0.05) is 36.0 Å². The van der Waals surface area contributed by atoms with Crippen molar-refractivity contribution in [3.63, 3.8) is 0 Å². The summed E-state index contributed by atoms with van der Waals surface area (Å²) in [6.07, 6.45) is 3.49. The summed E-state index contributed by atoms with van der Waals surface area (Å²) in [5, 5.41) is 15.9. The van der Waals surface area contributed by atoms with Crippen LogP contribution in [0, 0.1) is 5.92 Å². The summed E-state index contributed by atoms with van der Waals surface area (Å²) in [4.78, 5) is 23.6. The number of amides is 2. The lowest BCUT2D eigenvalue weighted by Gasteiger charge is -2.15. The highest BCUT2D eigenvalue weighted by Gasteiger charge is 2.25. The van der Waals surface area contributed by atoms with Gasteiger partial charge in [-0.15, -0.1) is 0 Å². The zero-order valence-electron chi connectivity index (χ0n) is 13.1. The van der Waals surface area contributed by atoms with Gasteiger partial charge in [0.1, 0.15) is 0 Å². The van der Waals surface area contributed by atoms with Crippen LogP contribution in [0.2, 0.25) is 5.02 Å². The third-order valence-electron chi connectivity index (χ3n) is 4.15. The zero-order chi connectivity index (χ0) is 16.7. The van der Waals surface area contributed by atoms with Crippen LogP contribution in [0.4, 0.5) is 0 Å². The van der Waals surface area contributed by atoms with Crippen LogP contribution >= 0.6 is 11.6 Å². The fourth-order valence-electron chi connectivity index (χ4n) is 2.74. The summed E-state index contributed by atoms with van der Waals surface area (Å²) in [7, 11) is 0. The third-order valence-corrected chi connectivity index (χ3v) is 4.40. The Morgan fingerprint density at radius 2 is 1.91 bits per heavy atom. The van der Waals surface area contributed by atoms with Crippen LogP contribution in [-0.4, -0.2) is 36.1 Å². The molecule has 6 heteroatoms. The molecule has 1 aromatic rings. The average molecular weight is 339 g/mol. The predicted molar refractivity (Wildman–Crippen MR) is 89.4 cm³/mol. The zero-order valence-corrected chi connectivity index (χ0v) is 13.8. The first-order valence-corrected chi connectivity index (χ1v) is 8.42. The Labute approximate surface area is 141 Å². The van der Waals surface area contributed by atoms with Crippen molar-refractivity contribution < 1.29 is 14.7 Å². The Balaban J connectivity index is 1.58. The number of hydrogen-bond donors (Lipinski definition) is 3. The van der Waals surface area contributed by atoms with Crippen LogP contribution < -0.4 is 10.6 Å². The van der Waals surface area contributed by atoms with Crippen molar-refractivity contribution in [2.75, 3.05) is 13.1 Å². The molecule has 0 aromatic heterocycles. The van der Waals surface area contributed by atoms with E-state index in [2.05, 4.69) is 10.6 Å². The molecule has 0 aliphatic heterocycles. The molecule has 1 fully saturated rings. The number of halogens is 1. The molecule has 0 spiro atoms. The highest BCUT2D eigenvalue weighted by Crippen LogP contribution is 2.24. The number of aliphatic hydroxyl groups is 1. The molecule has 1 saturated carbocycles. The first-order chi connectivity index (χ1) is 11.1. The van der Waals surface area contributed by atoms with Gasteiger partial charge in [0.2, 0.25) is 5.91 Å². The third kappa shape index (κ3) is 5.84. The number of aliphatic hydroxyl groups excluding tert-OH is 1. The maximum atomic E-state index is 11.9. The standard InChI is InChI=1S/C17H23ClN2O3/c18-14-8-6-12(7-9-14)17(23)19-10-2-5-16(22)20-11-13-3-1-4-15(13)21/h6-9,13,15,21H,1-5,10-11H2,(H,19,23)(H,20,22). The second kappa shape index (κ2) is 8.89. The van der Waals surface area contributed by atoms with Crippen LogP contribution in [0.5, 0.6) is 0 Å². The fraction of sp³-hybridized carbons (Fsp3) is 0.529. The summed E-state index contributed by atoms with van der Waals surface area (Å²) < 4.78 is 0. The van der Waals surface area contributed by atoms with Gasteiger partial charge in [0.25, 0.3) is 5.91 Å². The molecule has 126 valence electrons. The van der Waals surface area contributed by atoms with E-state index in [0.717, 1.165) is 19.3 Å². The molecular formula is C17H23ClN2O3. The first kappa shape index (κ1) is 17.8. The van der Waals surface area contributed by atoms with Crippen molar-refractivity contribution in [2.45, 2.75) is 38.2 Å². The van der Waals surface area contributed by atoms with Crippen molar-refractivity contribution in [3.8, 4) is 0 Å². The van der Waals surface area contributed by atoms with Gasteiger partial charge in [-0.2, -0.15) is 0 Å². The number of benzene rings is 1. The second-order valence-electron chi connectivity index (χ2n) is 5.93. The van der Waals surface area contributed by atoms with E-state index in [-0.39, 0.29) is 23.8 Å². The smallest absolute Gasteiger partial charge is 0.251 e. The molecule has 2 atom stereocenters. The number of rotatable bonds is 7. The summed E-state index contributed by atoms with van der Waals surface area (Å²) in [5.41, 5.74) is 0.550. The minimum Gasteiger partial charge on any atom is -0.393 e. The van der Waals surface area contributed by atoms with Crippen LogP contribution in [-0.2, 0) is 4.79 Å². The van der Waals surface area contributed by atoms with E-state index in [1.165, 1.54) is 0 Å². The van der Waals surface area contributed by atoms with E-state index in [0.29, 0.717) is 36.5 Å². The molecule has 2 rings (SSSR count). The van der Waals surface area contributed by atoms with Gasteiger partial charge in [0.15, 0.2) is 0 Å². The van der Waals surface area contributed by atoms with Crippen LogP contribution in [0.1, 0.15) is 42.5 Å². The van der Waals surface area contributed by atoms with Crippen molar-refractivity contribution >= 4 is 23.4 Å². The van der Waals surface area contributed by atoms with E-state index in [1.807, 2.05) is 0 Å². The SMILES string of the molecule is O=C(CCCNC(=O)c1ccc(Cl)cc1)NCC1CCCC1O. The minimum atomic E-state index is -0.283. The van der Waals surface area contributed by atoms with Gasteiger partial charge >= 0.3 is 0 Å². The lowest BCUT2D eigenvalue weighted by Crippen LogP contribution is -2.33. The fourth-order valence-corrected chi connectivity index (χ4v) is 2.87. The molecule has 23 heavy (non-hydrogen) atoms. The van der Waals surface area contributed by atoms with Crippen molar-refractivity contribution in [1.29, 1.82) is 0 Å². The molecule has 1 aliphatic carbocycles. The highest BCUT2D eigenvalue weighted by molar-refractivity contribution is 6.30. The van der Waals surface area contributed by atoms with E-state index < -0.39 is 0 Å². The Hall–Kier alpha value is -1.59. The Kier molecular flexibility index (Phi) is 6.86. The predicted octanol–water partition coefficient (Wildman–Crippen LogP) is 2.13. The van der Waals surface area contributed by atoms with Crippen molar-refractivity contribution in [1.82, 2.24) is 10.6 Å². The lowest BCUT2D eigenvalue weighted by atomic mass is 10.1. The normalized spacial score (nSPS) is 20.3. The molecule has 5 nitrogen and oxygen atoms in total. The highest BCUT2D eigenvalue weighted by atomic mass is 35.5. The first-order valence-electron chi connectivity index (χ1n) is 8.05. The minimum absolute atomic E-state index is 0.0372. The Bertz CT molecular complexity index is 533. The van der Waals surface area contributed by atoms with E-state index in [1.54, 1.807) is 24.3 Å². The lowest BCUT2D eigenvalue weighted by molar-refractivity contribution is -0.121. The maximum absolute atomic E-state index is 11.9. The molecule has 0 heterocycles. The average Bonchev–Trinajstić information content (AvgIpc) is 2.95. The number of carbonyl (C=O) groups is 2. The van der Waals surface area contributed by atoms with Gasteiger partial charge in [-0.25, -0.2) is 0 Å². The van der Waals surface area contributed by atoms with Gasteiger partial charge in [0.05, 0.1) is 6.10 Å². The Morgan fingerprint density at radius 3 is 2.57 bits per heavy atom. The molecule has 1 aliphatic rings. The molecule has 0 saturated heterocycles. The molecule has 0 radical (unpaired) electrons. The molecule has 2 amide bonds. The maximum Gasteiger partial charge on any atom is 0.251 e. The van der Waals surface area contributed by atoms with Gasteiger partial charge in [-0.3, -0.25) is 9.59 Å².